The molecule has 2 atom stereocenters. The second-order valence-corrected chi connectivity index (χ2v) is 5.94. The predicted octanol–water partition coefficient (Wildman–Crippen LogP) is 1.91. The first-order valence-electron chi connectivity index (χ1n) is 7.50. The van der Waals surface area contributed by atoms with Crippen molar-refractivity contribution in [3.8, 4) is 0 Å². The number of benzene rings is 1. The first-order chi connectivity index (χ1) is 11.3. The number of H-pyrrole nitrogens is 1. The molecule has 126 valence electrons. The van der Waals surface area contributed by atoms with Crippen LogP contribution in [-0.2, 0) is 0 Å². The first kappa shape index (κ1) is 16.3. The Morgan fingerprint density at radius 1 is 1.29 bits per heavy atom. The lowest BCUT2D eigenvalue weighted by atomic mass is 10.0. The molecule has 5 nitrogen and oxygen atoms in total. The quantitative estimate of drug-likeness (QED) is 0.881. The number of halogens is 2. The Labute approximate surface area is 136 Å². The lowest BCUT2D eigenvalue weighted by Gasteiger charge is -2.25. The summed E-state index contributed by atoms with van der Waals surface area (Å²) >= 11 is 0. The number of aromatic amines is 1. The molecule has 1 saturated heterocycles. The number of hydrogen-bond donors (Lipinski definition) is 2. The zero-order valence-electron chi connectivity index (χ0n) is 12.9. The van der Waals surface area contributed by atoms with Crippen molar-refractivity contribution in [1.29, 1.82) is 0 Å². The molecule has 0 bridgehead atoms. The Hall–Kier alpha value is -2.54. The van der Waals surface area contributed by atoms with Crippen molar-refractivity contribution in [2.24, 2.45) is 0 Å². The Balaban J connectivity index is 2.00. The van der Waals surface area contributed by atoms with Crippen LogP contribution >= 0.6 is 0 Å². The fourth-order valence-electron chi connectivity index (χ4n) is 3.08. The number of likely N-dealkylation sites (tertiary alicyclic amines) is 1. The summed E-state index contributed by atoms with van der Waals surface area (Å²) in [5, 5.41) is 9.92. The van der Waals surface area contributed by atoms with Crippen molar-refractivity contribution >= 4 is 5.91 Å². The predicted molar refractivity (Wildman–Crippen MR) is 82.6 cm³/mol. The summed E-state index contributed by atoms with van der Waals surface area (Å²) < 4.78 is 27.6. The number of carbonyl (C=O) groups excluding carboxylic acids is 1. The number of amides is 1. The number of β-amino-alcohol motifs (C(OH)–C–C–N with tert-alkyl or cyclic N) is 1. The molecule has 2 unspecified atom stereocenters. The highest BCUT2D eigenvalue weighted by Gasteiger charge is 2.37. The minimum Gasteiger partial charge on any atom is -0.391 e. The maximum absolute atomic E-state index is 14.1. The van der Waals surface area contributed by atoms with Crippen molar-refractivity contribution in [1.82, 2.24) is 9.88 Å². The molecule has 3 rings (SSSR count). The van der Waals surface area contributed by atoms with Gasteiger partial charge in [0.05, 0.1) is 12.1 Å². The molecule has 24 heavy (non-hydrogen) atoms. The number of aliphatic hydroxyl groups excluding tert-OH is 1. The maximum atomic E-state index is 14.1. The zero-order chi connectivity index (χ0) is 17.4. The van der Waals surface area contributed by atoms with Crippen LogP contribution in [0.1, 0.15) is 34.1 Å². The lowest BCUT2D eigenvalue weighted by molar-refractivity contribution is 0.0713. The van der Waals surface area contributed by atoms with Crippen LogP contribution in [0.3, 0.4) is 0 Å². The van der Waals surface area contributed by atoms with E-state index in [9.17, 15) is 23.5 Å². The monoisotopic (exact) mass is 334 g/mol. The molecule has 1 aromatic carbocycles. The molecule has 1 amide bonds. The standard InChI is InChI=1S/C17H16F2N2O3/c1-9-4-10(5-16(23)20-9)17(24)21-8-12(22)7-15(21)13-6-11(18)2-3-14(13)19/h2-6,12,15,22H,7-8H2,1H3,(H,20,23). The van der Waals surface area contributed by atoms with Crippen molar-refractivity contribution in [2.75, 3.05) is 6.54 Å². The largest absolute Gasteiger partial charge is 0.391 e. The van der Waals surface area contributed by atoms with Gasteiger partial charge in [-0.2, -0.15) is 0 Å². The van der Waals surface area contributed by atoms with E-state index >= 15 is 0 Å². The smallest absolute Gasteiger partial charge is 0.254 e. The van der Waals surface area contributed by atoms with E-state index in [0.717, 1.165) is 24.3 Å². The molecule has 0 spiro atoms. The highest BCUT2D eigenvalue weighted by atomic mass is 19.1. The number of carbonyl (C=O) groups is 1. The van der Waals surface area contributed by atoms with Gasteiger partial charge in [-0.3, -0.25) is 9.59 Å². The van der Waals surface area contributed by atoms with Gasteiger partial charge < -0.3 is 15.0 Å². The summed E-state index contributed by atoms with van der Waals surface area (Å²) in [5.41, 5.74) is 0.249. The summed E-state index contributed by atoms with van der Waals surface area (Å²) in [7, 11) is 0. The summed E-state index contributed by atoms with van der Waals surface area (Å²) in [6, 6.07) is 4.89. The molecule has 2 aromatic rings. The van der Waals surface area contributed by atoms with E-state index < -0.39 is 35.2 Å². The number of aliphatic hydroxyl groups is 1. The fraction of sp³-hybridized carbons (Fsp3) is 0.294. The van der Waals surface area contributed by atoms with E-state index in [1.807, 2.05) is 0 Å². The number of hydrogen-bond acceptors (Lipinski definition) is 3. The summed E-state index contributed by atoms with van der Waals surface area (Å²) in [4.78, 5) is 28.1. The minimum atomic E-state index is -0.843. The number of rotatable bonds is 2. The second kappa shape index (κ2) is 6.16. The Morgan fingerprint density at radius 3 is 2.75 bits per heavy atom. The molecule has 1 aromatic heterocycles. The second-order valence-electron chi connectivity index (χ2n) is 5.94. The molecular weight excluding hydrogens is 318 g/mol. The number of aryl methyl sites for hydroxylation is 1. The summed E-state index contributed by atoms with van der Waals surface area (Å²) in [6.07, 6.45) is -0.737. The molecule has 0 radical (unpaired) electrons. The van der Waals surface area contributed by atoms with Crippen LogP contribution in [0.15, 0.2) is 35.1 Å². The lowest BCUT2D eigenvalue weighted by Crippen LogP contribution is -2.33. The van der Waals surface area contributed by atoms with Crippen LogP contribution in [0, 0.1) is 18.6 Å². The fourth-order valence-corrected chi connectivity index (χ4v) is 3.08. The van der Waals surface area contributed by atoms with Gasteiger partial charge in [0.2, 0.25) is 5.56 Å². The van der Waals surface area contributed by atoms with Crippen molar-refractivity contribution < 1.29 is 18.7 Å². The molecule has 0 aliphatic carbocycles. The van der Waals surface area contributed by atoms with Crippen LogP contribution in [0.5, 0.6) is 0 Å². The third-order valence-corrected chi connectivity index (χ3v) is 4.08. The number of aromatic nitrogens is 1. The molecule has 2 N–H and O–H groups in total. The van der Waals surface area contributed by atoms with E-state index in [1.54, 1.807) is 6.92 Å². The molecule has 0 saturated carbocycles. The number of nitrogens with one attached hydrogen (secondary N) is 1. The van der Waals surface area contributed by atoms with Gasteiger partial charge in [-0.1, -0.05) is 0 Å². The van der Waals surface area contributed by atoms with Gasteiger partial charge in [-0.25, -0.2) is 8.78 Å². The van der Waals surface area contributed by atoms with Gasteiger partial charge in [0, 0.05) is 29.4 Å². The van der Waals surface area contributed by atoms with Crippen molar-refractivity contribution in [2.45, 2.75) is 25.5 Å². The molecule has 1 aliphatic heterocycles. The average Bonchev–Trinajstić information content (AvgIpc) is 2.89. The molecule has 1 aliphatic rings. The Bertz CT molecular complexity index is 850. The van der Waals surface area contributed by atoms with Crippen molar-refractivity contribution in [3.63, 3.8) is 0 Å². The van der Waals surface area contributed by atoms with Gasteiger partial charge in [0.1, 0.15) is 11.6 Å². The Kier molecular flexibility index (Phi) is 4.19. The SMILES string of the molecule is Cc1cc(C(=O)N2CC(O)CC2c2cc(F)ccc2F)cc(=O)[nH]1. The third-order valence-electron chi connectivity index (χ3n) is 4.08. The van der Waals surface area contributed by atoms with Gasteiger partial charge in [-0.05, 0) is 37.6 Å². The van der Waals surface area contributed by atoms with Crippen LogP contribution in [-0.4, -0.2) is 33.5 Å². The number of pyridine rings is 1. The summed E-state index contributed by atoms with van der Waals surface area (Å²) in [5.74, 6) is -1.77. The highest BCUT2D eigenvalue weighted by Crippen LogP contribution is 2.35. The molecule has 1 fully saturated rings. The normalized spacial score (nSPS) is 20.4. The molecule has 7 heteroatoms. The third kappa shape index (κ3) is 3.07. The zero-order valence-corrected chi connectivity index (χ0v) is 12.9. The van der Waals surface area contributed by atoms with E-state index in [1.165, 1.54) is 11.0 Å². The summed E-state index contributed by atoms with van der Waals surface area (Å²) in [6.45, 7) is 1.63. The van der Waals surface area contributed by atoms with Gasteiger partial charge in [0.25, 0.3) is 5.91 Å². The van der Waals surface area contributed by atoms with E-state index in [-0.39, 0.29) is 24.1 Å². The van der Waals surface area contributed by atoms with E-state index in [2.05, 4.69) is 4.98 Å². The minimum absolute atomic E-state index is 0.00863. The van der Waals surface area contributed by atoms with Gasteiger partial charge in [-0.15, -0.1) is 0 Å². The Morgan fingerprint density at radius 2 is 2.04 bits per heavy atom. The first-order valence-corrected chi connectivity index (χ1v) is 7.50. The van der Waals surface area contributed by atoms with E-state index in [4.69, 9.17) is 0 Å². The van der Waals surface area contributed by atoms with E-state index in [0.29, 0.717) is 5.69 Å². The van der Waals surface area contributed by atoms with Crippen LogP contribution in [0.4, 0.5) is 8.78 Å². The van der Waals surface area contributed by atoms with Crippen molar-refractivity contribution in [3.05, 3.63) is 69.1 Å². The molecular formula is C17H16F2N2O3. The average molecular weight is 334 g/mol. The van der Waals surface area contributed by atoms with Crippen LogP contribution < -0.4 is 5.56 Å². The van der Waals surface area contributed by atoms with Crippen LogP contribution in [0.25, 0.3) is 0 Å². The molecule has 2 heterocycles. The van der Waals surface area contributed by atoms with Crippen LogP contribution in [0.2, 0.25) is 0 Å². The topological polar surface area (TPSA) is 73.4 Å². The maximum Gasteiger partial charge on any atom is 0.254 e. The van der Waals surface area contributed by atoms with Gasteiger partial charge >= 0.3 is 0 Å². The highest BCUT2D eigenvalue weighted by molar-refractivity contribution is 5.94. The number of nitrogens with zero attached hydrogens (tertiary/aromatic N) is 1. The van der Waals surface area contributed by atoms with Gasteiger partial charge in [0.15, 0.2) is 0 Å².